The minimum absolute atomic E-state index is 0.115. The number of aromatic nitrogens is 1. The smallest absolute Gasteiger partial charge is 0.339 e. The van der Waals surface area contributed by atoms with E-state index < -0.39 is 23.8 Å². The number of hydrogen-bond donors (Lipinski definition) is 1. The maximum Gasteiger partial charge on any atom is 0.339 e. The van der Waals surface area contributed by atoms with Crippen molar-refractivity contribution in [2.75, 3.05) is 5.32 Å². The van der Waals surface area contributed by atoms with E-state index in [9.17, 15) is 14.0 Å². The van der Waals surface area contributed by atoms with E-state index in [2.05, 4.69) is 10.3 Å². The molecule has 2 aromatic carbocycles. The van der Waals surface area contributed by atoms with Gasteiger partial charge in [-0.3, -0.25) is 9.78 Å². The molecule has 1 aromatic heterocycles. The number of rotatable bonds is 4. The normalized spacial score (nSPS) is 11.9. The third kappa shape index (κ3) is 4.23. The van der Waals surface area contributed by atoms with Crippen LogP contribution in [0.4, 0.5) is 10.1 Å². The van der Waals surface area contributed by atoms with Gasteiger partial charge >= 0.3 is 5.97 Å². The topological polar surface area (TPSA) is 68.3 Å². The highest BCUT2D eigenvalue weighted by Gasteiger charge is 2.21. The third-order valence-electron chi connectivity index (χ3n) is 3.90. The van der Waals surface area contributed by atoms with E-state index in [0.29, 0.717) is 27.8 Å². The van der Waals surface area contributed by atoms with Gasteiger partial charge < -0.3 is 10.1 Å². The predicted octanol–water partition coefficient (Wildman–Crippen LogP) is 4.52. The molecule has 0 unspecified atom stereocenters. The number of hydrogen-bond acceptors (Lipinski definition) is 4. The van der Waals surface area contributed by atoms with Crippen LogP contribution in [0.5, 0.6) is 0 Å². The zero-order chi connectivity index (χ0) is 19.6. The van der Waals surface area contributed by atoms with Crippen molar-refractivity contribution in [1.82, 2.24) is 4.98 Å². The largest absolute Gasteiger partial charge is 0.449 e. The third-order valence-corrected chi connectivity index (χ3v) is 4.19. The second kappa shape index (κ2) is 7.72. The molecule has 7 heteroatoms. The molecule has 27 heavy (non-hydrogen) atoms. The van der Waals surface area contributed by atoms with Gasteiger partial charge in [0.25, 0.3) is 5.91 Å². The summed E-state index contributed by atoms with van der Waals surface area (Å²) in [5.74, 6) is -1.77. The first-order chi connectivity index (χ1) is 12.8. The average Bonchev–Trinajstić information content (AvgIpc) is 2.63. The van der Waals surface area contributed by atoms with Crippen LogP contribution in [-0.2, 0) is 9.53 Å². The van der Waals surface area contributed by atoms with Gasteiger partial charge in [-0.1, -0.05) is 29.8 Å². The Kier molecular flexibility index (Phi) is 5.37. The number of benzene rings is 2. The Morgan fingerprint density at radius 3 is 2.67 bits per heavy atom. The summed E-state index contributed by atoms with van der Waals surface area (Å²) in [5, 5.41) is 3.07. The SMILES string of the molecule is Cc1cc(C(=O)O[C@@H](C)C(=O)Nc2ccc(F)c(Cl)c2)c2ccccc2n1. The lowest BCUT2D eigenvalue weighted by atomic mass is 10.1. The van der Waals surface area contributed by atoms with Gasteiger partial charge in [0.05, 0.1) is 16.1 Å². The van der Waals surface area contributed by atoms with Gasteiger partial charge in [0.15, 0.2) is 6.10 Å². The van der Waals surface area contributed by atoms with E-state index in [1.54, 1.807) is 31.2 Å². The maximum absolute atomic E-state index is 13.2. The van der Waals surface area contributed by atoms with Gasteiger partial charge in [0.2, 0.25) is 0 Å². The molecule has 0 saturated carbocycles. The Hall–Kier alpha value is -2.99. The van der Waals surface area contributed by atoms with Crippen LogP contribution >= 0.6 is 11.6 Å². The second-order valence-electron chi connectivity index (χ2n) is 5.99. The highest BCUT2D eigenvalue weighted by molar-refractivity contribution is 6.31. The predicted molar refractivity (Wildman–Crippen MR) is 101 cm³/mol. The van der Waals surface area contributed by atoms with Crippen molar-refractivity contribution in [3.63, 3.8) is 0 Å². The zero-order valence-electron chi connectivity index (χ0n) is 14.6. The number of ether oxygens (including phenoxy) is 1. The molecule has 0 aliphatic carbocycles. The van der Waals surface area contributed by atoms with E-state index in [0.717, 1.165) is 6.07 Å². The molecular weight excluding hydrogens is 371 g/mol. The summed E-state index contributed by atoms with van der Waals surface area (Å²) < 4.78 is 18.5. The molecule has 5 nitrogen and oxygen atoms in total. The van der Waals surface area contributed by atoms with Crippen LogP contribution < -0.4 is 5.32 Å². The van der Waals surface area contributed by atoms with Crippen LogP contribution in [-0.4, -0.2) is 23.0 Å². The molecule has 1 atom stereocenters. The van der Waals surface area contributed by atoms with Crippen molar-refractivity contribution < 1.29 is 18.7 Å². The molecule has 0 radical (unpaired) electrons. The minimum atomic E-state index is -1.06. The lowest BCUT2D eigenvalue weighted by molar-refractivity contribution is -0.123. The van der Waals surface area contributed by atoms with E-state index >= 15 is 0 Å². The molecular formula is C20H16ClFN2O3. The fourth-order valence-corrected chi connectivity index (χ4v) is 2.75. The number of para-hydroxylation sites is 1. The first-order valence-corrected chi connectivity index (χ1v) is 8.56. The molecule has 0 spiro atoms. The number of carbonyl (C=O) groups excluding carboxylic acids is 2. The molecule has 0 aliphatic heterocycles. The molecule has 3 aromatic rings. The Morgan fingerprint density at radius 2 is 1.93 bits per heavy atom. The van der Waals surface area contributed by atoms with Gasteiger partial charge in [0.1, 0.15) is 5.82 Å². The summed E-state index contributed by atoms with van der Waals surface area (Å²) >= 11 is 5.69. The van der Waals surface area contributed by atoms with Crippen molar-refractivity contribution in [3.8, 4) is 0 Å². The number of pyridine rings is 1. The van der Waals surface area contributed by atoms with E-state index in [4.69, 9.17) is 16.3 Å². The number of carbonyl (C=O) groups is 2. The molecule has 3 rings (SSSR count). The van der Waals surface area contributed by atoms with Gasteiger partial charge in [-0.25, -0.2) is 9.18 Å². The van der Waals surface area contributed by atoms with Crippen molar-refractivity contribution in [2.24, 2.45) is 0 Å². The fourth-order valence-electron chi connectivity index (χ4n) is 2.57. The van der Waals surface area contributed by atoms with Crippen molar-refractivity contribution >= 4 is 40.1 Å². The zero-order valence-corrected chi connectivity index (χ0v) is 15.4. The van der Waals surface area contributed by atoms with Crippen LogP contribution in [0.25, 0.3) is 10.9 Å². The van der Waals surface area contributed by atoms with E-state index in [1.165, 1.54) is 19.1 Å². The Labute approximate surface area is 160 Å². The fraction of sp³-hybridized carbons (Fsp3) is 0.150. The molecule has 1 N–H and O–H groups in total. The maximum atomic E-state index is 13.2. The van der Waals surface area contributed by atoms with Crippen LogP contribution in [0.2, 0.25) is 5.02 Å². The Balaban J connectivity index is 1.75. The summed E-state index contributed by atoms with van der Waals surface area (Å²) in [7, 11) is 0. The molecule has 1 amide bonds. The van der Waals surface area contributed by atoms with Crippen LogP contribution in [0.15, 0.2) is 48.5 Å². The number of esters is 1. The van der Waals surface area contributed by atoms with E-state index in [-0.39, 0.29) is 5.02 Å². The first kappa shape index (κ1) is 18.8. The summed E-state index contributed by atoms with van der Waals surface area (Å²) in [6.45, 7) is 3.23. The van der Waals surface area contributed by atoms with E-state index in [1.807, 2.05) is 6.07 Å². The Bertz CT molecular complexity index is 1040. The first-order valence-electron chi connectivity index (χ1n) is 8.18. The number of halogens is 2. The number of anilines is 1. The molecule has 138 valence electrons. The van der Waals surface area contributed by atoms with Crippen molar-refractivity contribution in [1.29, 1.82) is 0 Å². The standard InChI is InChI=1S/C20H16ClFN2O3/c1-11-9-15(14-5-3-4-6-18(14)23-11)20(26)27-12(2)19(25)24-13-7-8-17(22)16(21)10-13/h3-10,12H,1-2H3,(H,24,25)/t12-/m0/s1. The van der Waals surface area contributed by atoms with Gasteiger partial charge in [-0.15, -0.1) is 0 Å². The van der Waals surface area contributed by atoms with Crippen molar-refractivity contribution in [3.05, 3.63) is 70.6 Å². The van der Waals surface area contributed by atoms with Gasteiger partial charge in [-0.2, -0.15) is 0 Å². The molecule has 1 heterocycles. The molecule has 0 aliphatic rings. The molecule has 0 saturated heterocycles. The number of aryl methyl sites for hydroxylation is 1. The van der Waals surface area contributed by atoms with Gasteiger partial charge in [0, 0.05) is 16.8 Å². The lowest BCUT2D eigenvalue weighted by Gasteiger charge is -2.15. The molecule has 0 bridgehead atoms. The lowest BCUT2D eigenvalue weighted by Crippen LogP contribution is -2.30. The second-order valence-corrected chi connectivity index (χ2v) is 6.40. The number of fused-ring (bicyclic) bond motifs is 1. The quantitative estimate of drug-likeness (QED) is 0.669. The van der Waals surface area contributed by atoms with Gasteiger partial charge in [-0.05, 0) is 44.2 Å². The van der Waals surface area contributed by atoms with Crippen LogP contribution in [0.3, 0.4) is 0 Å². The monoisotopic (exact) mass is 386 g/mol. The van der Waals surface area contributed by atoms with Crippen LogP contribution in [0.1, 0.15) is 23.0 Å². The average molecular weight is 387 g/mol. The van der Waals surface area contributed by atoms with Crippen LogP contribution in [0, 0.1) is 12.7 Å². The summed E-state index contributed by atoms with van der Waals surface area (Å²) in [5.41, 5.74) is 1.98. The highest BCUT2D eigenvalue weighted by atomic mass is 35.5. The Morgan fingerprint density at radius 1 is 1.19 bits per heavy atom. The summed E-state index contributed by atoms with van der Waals surface area (Å²) in [6, 6.07) is 12.6. The highest BCUT2D eigenvalue weighted by Crippen LogP contribution is 2.21. The number of amides is 1. The minimum Gasteiger partial charge on any atom is -0.449 e. The summed E-state index contributed by atoms with van der Waals surface area (Å²) in [6.07, 6.45) is -1.06. The number of nitrogens with zero attached hydrogens (tertiary/aromatic N) is 1. The summed E-state index contributed by atoms with van der Waals surface area (Å²) in [4.78, 5) is 29.2. The van der Waals surface area contributed by atoms with Crippen molar-refractivity contribution in [2.45, 2.75) is 20.0 Å². The molecule has 0 fully saturated rings. The number of nitrogens with one attached hydrogen (secondary N) is 1.